The van der Waals surface area contributed by atoms with Gasteiger partial charge in [0.2, 0.25) is 0 Å². The van der Waals surface area contributed by atoms with Gasteiger partial charge in [0.25, 0.3) is 0 Å². The van der Waals surface area contributed by atoms with E-state index in [9.17, 15) is 9.46 Å². The van der Waals surface area contributed by atoms with Gasteiger partial charge in [0.05, 0.1) is 12.3 Å². The normalized spacial score (nSPS) is 17.6. The molecule has 122 valence electrons. The Kier molecular flexibility index (Phi) is 11.9. The molecule has 0 aliphatic rings. The summed E-state index contributed by atoms with van der Waals surface area (Å²) in [7, 11) is -3.43. The first-order chi connectivity index (χ1) is 9.47. The van der Waals surface area contributed by atoms with Crippen molar-refractivity contribution in [1.29, 1.82) is 0 Å². The molecule has 0 heterocycles. The molecule has 3 nitrogen and oxygen atoms in total. The molecular formula is C16H35O3P. The average Bonchev–Trinajstić information content (AvgIpc) is 2.43. The van der Waals surface area contributed by atoms with Gasteiger partial charge in [0.15, 0.2) is 0 Å². The summed E-state index contributed by atoms with van der Waals surface area (Å²) in [4.78, 5) is 10.0. The van der Waals surface area contributed by atoms with E-state index in [1.807, 2.05) is 6.92 Å². The lowest BCUT2D eigenvalue weighted by Gasteiger charge is -2.22. The molecule has 3 unspecified atom stereocenters. The van der Waals surface area contributed by atoms with Gasteiger partial charge in [0, 0.05) is 0 Å². The smallest absolute Gasteiger partial charge is 0.324 e. The zero-order chi connectivity index (χ0) is 15.4. The second-order valence-electron chi connectivity index (χ2n) is 5.97. The van der Waals surface area contributed by atoms with Gasteiger partial charge >= 0.3 is 7.60 Å². The molecule has 1 N–H and O–H groups in total. The Hall–Kier alpha value is 0.150. The fourth-order valence-electron chi connectivity index (χ4n) is 2.27. The fraction of sp³-hybridized carbons (Fsp3) is 1.00. The largest absolute Gasteiger partial charge is 0.330 e. The van der Waals surface area contributed by atoms with E-state index in [4.69, 9.17) is 4.52 Å². The maximum atomic E-state index is 12.2. The van der Waals surface area contributed by atoms with Gasteiger partial charge in [-0.15, -0.1) is 0 Å². The van der Waals surface area contributed by atoms with Crippen molar-refractivity contribution >= 4 is 7.60 Å². The summed E-state index contributed by atoms with van der Waals surface area (Å²) in [6, 6.07) is 0. The molecule has 0 aliphatic carbocycles. The lowest BCUT2D eigenvalue weighted by Crippen LogP contribution is -2.12. The molecule has 0 bridgehead atoms. The summed E-state index contributed by atoms with van der Waals surface area (Å²) < 4.78 is 17.6. The van der Waals surface area contributed by atoms with Crippen molar-refractivity contribution in [2.24, 2.45) is 5.92 Å². The molecule has 4 heteroatoms. The Bertz CT molecular complexity index is 268. The monoisotopic (exact) mass is 306 g/mol. The first-order valence-electron chi connectivity index (χ1n) is 8.44. The molecule has 0 fully saturated rings. The highest BCUT2D eigenvalue weighted by atomic mass is 31.2. The van der Waals surface area contributed by atoms with Gasteiger partial charge in [-0.3, -0.25) is 4.57 Å². The van der Waals surface area contributed by atoms with Gasteiger partial charge < -0.3 is 9.42 Å². The zero-order valence-corrected chi connectivity index (χ0v) is 14.8. The van der Waals surface area contributed by atoms with E-state index in [1.165, 1.54) is 25.7 Å². The van der Waals surface area contributed by atoms with Crippen LogP contribution in [0.1, 0.15) is 85.5 Å². The molecule has 20 heavy (non-hydrogen) atoms. The number of unbranched alkanes of at least 4 members (excludes halogenated alkanes) is 4. The van der Waals surface area contributed by atoms with E-state index in [2.05, 4.69) is 20.8 Å². The summed E-state index contributed by atoms with van der Waals surface area (Å²) in [5, 5.41) is 0. The topological polar surface area (TPSA) is 46.5 Å². The van der Waals surface area contributed by atoms with Crippen LogP contribution in [-0.4, -0.2) is 17.2 Å². The van der Waals surface area contributed by atoms with Crippen molar-refractivity contribution in [3.63, 3.8) is 0 Å². The molecule has 0 amide bonds. The van der Waals surface area contributed by atoms with Crippen LogP contribution in [0.25, 0.3) is 0 Å². The van der Waals surface area contributed by atoms with Crippen LogP contribution < -0.4 is 0 Å². The van der Waals surface area contributed by atoms with Crippen molar-refractivity contribution in [3.8, 4) is 0 Å². The molecule has 0 saturated carbocycles. The average molecular weight is 306 g/mol. The van der Waals surface area contributed by atoms with Gasteiger partial charge in [-0.25, -0.2) is 0 Å². The third-order valence-electron chi connectivity index (χ3n) is 4.07. The molecule has 0 saturated heterocycles. The maximum Gasteiger partial charge on any atom is 0.330 e. The summed E-state index contributed by atoms with van der Waals surface area (Å²) >= 11 is 0. The Morgan fingerprint density at radius 2 is 1.65 bits per heavy atom. The predicted molar refractivity (Wildman–Crippen MR) is 87.3 cm³/mol. The molecule has 0 spiro atoms. The summed E-state index contributed by atoms with van der Waals surface area (Å²) in [5.41, 5.74) is -0.233. The van der Waals surface area contributed by atoms with E-state index < -0.39 is 7.60 Å². The summed E-state index contributed by atoms with van der Waals surface area (Å²) in [6.45, 7) is 8.75. The molecule has 0 radical (unpaired) electrons. The van der Waals surface area contributed by atoms with Crippen molar-refractivity contribution in [2.75, 3.05) is 6.61 Å². The zero-order valence-electron chi connectivity index (χ0n) is 13.9. The quantitative estimate of drug-likeness (QED) is 0.347. The minimum atomic E-state index is -3.43. The predicted octanol–water partition coefficient (Wildman–Crippen LogP) is 5.76. The molecule has 0 aromatic carbocycles. The Morgan fingerprint density at radius 1 is 1.00 bits per heavy atom. The van der Waals surface area contributed by atoms with Gasteiger partial charge in [0.1, 0.15) is 0 Å². The highest BCUT2D eigenvalue weighted by Gasteiger charge is 2.28. The van der Waals surface area contributed by atoms with Crippen LogP contribution in [0, 0.1) is 5.92 Å². The second kappa shape index (κ2) is 11.8. The van der Waals surface area contributed by atoms with Crippen LogP contribution in [0.15, 0.2) is 0 Å². The Labute approximate surface area is 126 Å². The Balaban J connectivity index is 4.04. The van der Waals surface area contributed by atoms with E-state index in [0.29, 0.717) is 12.5 Å². The number of hydrogen-bond acceptors (Lipinski definition) is 2. The molecule has 0 aromatic rings. The minimum absolute atomic E-state index is 0.233. The molecule has 3 atom stereocenters. The van der Waals surface area contributed by atoms with E-state index in [-0.39, 0.29) is 5.66 Å². The van der Waals surface area contributed by atoms with Crippen LogP contribution in [0.5, 0.6) is 0 Å². The number of rotatable bonds is 13. The highest BCUT2D eigenvalue weighted by Crippen LogP contribution is 2.49. The molecular weight excluding hydrogens is 271 g/mol. The van der Waals surface area contributed by atoms with Crippen LogP contribution in [0.3, 0.4) is 0 Å². The first-order valence-corrected chi connectivity index (χ1v) is 10.1. The first kappa shape index (κ1) is 20.1. The summed E-state index contributed by atoms with van der Waals surface area (Å²) in [6.07, 6.45) is 9.81. The van der Waals surface area contributed by atoms with Crippen molar-refractivity contribution in [3.05, 3.63) is 0 Å². The van der Waals surface area contributed by atoms with E-state index >= 15 is 0 Å². The van der Waals surface area contributed by atoms with Crippen LogP contribution in [0.2, 0.25) is 0 Å². The fourth-order valence-corrected chi connectivity index (χ4v) is 3.45. The van der Waals surface area contributed by atoms with E-state index in [0.717, 1.165) is 32.1 Å². The third kappa shape index (κ3) is 9.15. The molecule has 0 aliphatic heterocycles. The summed E-state index contributed by atoms with van der Waals surface area (Å²) in [5.74, 6) is 0.419. The van der Waals surface area contributed by atoms with E-state index in [1.54, 1.807) is 0 Å². The van der Waals surface area contributed by atoms with Crippen molar-refractivity contribution in [2.45, 2.75) is 91.1 Å². The number of hydrogen-bond donors (Lipinski definition) is 1. The van der Waals surface area contributed by atoms with Crippen molar-refractivity contribution < 1.29 is 14.0 Å². The second-order valence-corrected chi connectivity index (χ2v) is 8.24. The third-order valence-corrected chi connectivity index (χ3v) is 5.96. The van der Waals surface area contributed by atoms with Crippen LogP contribution in [0.4, 0.5) is 0 Å². The minimum Gasteiger partial charge on any atom is -0.324 e. The van der Waals surface area contributed by atoms with Crippen LogP contribution >= 0.6 is 7.60 Å². The van der Waals surface area contributed by atoms with Crippen LogP contribution in [-0.2, 0) is 9.09 Å². The SMILES string of the molecule is CCCCCCC(C)P(=O)(O)OCC(CC)CCCC. The van der Waals surface area contributed by atoms with Crippen molar-refractivity contribution in [1.82, 2.24) is 0 Å². The molecule has 0 rings (SSSR count). The standard InChI is InChI=1S/C16H35O3P/c1-5-8-10-11-12-15(4)20(17,18)19-14-16(7-3)13-9-6-2/h15-16H,5-14H2,1-4H3,(H,17,18). The van der Waals surface area contributed by atoms with Gasteiger partial charge in [-0.2, -0.15) is 0 Å². The lowest BCUT2D eigenvalue weighted by atomic mass is 10.0. The van der Waals surface area contributed by atoms with Gasteiger partial charge in [-0.05, 0) is 18.8 Å². The van der Waals surface area contributed by atoms with Gasteiger partial charge in [-0.1, -0.05) is 72.6 Å². The maximum absolute atomic E-state index is 12.2. The lowest BCUT2D eigenvalue weighted by molar-refractivity contribution is 0.198. The Morgan fingerprint density at radius 3 is 2.20 bits per heavy atom. The molecule has 0 aromatic heterocycles. The highest BCUT2D eigenvalue weighted by molar-refractivity contribution is 7.53.